The first-order valence-corrected chi connectivity index (χ1v) is 2.86. The van der Waals surface area contributed by atoms with Crippen LogP contribution in [0.1, 0.15) is 13.8 Å². The van der Waals surface area contributed by atoms with E-state index < -0.39 is 0 Å². The van der Waals surface area contributed by atoms with E-state index in [2.05, 4.69) is 12.2 Å². The van der Waals surface area contributed by atoms with Crippen molar-refractivity contribution in [2.24, 2.45) is 11.7 Å². The lowest BCUT2D eigenvalue weighted by atomic mass is 10.1. The zero-order chi connectivity index (χ0) is 5.86. The maximum Gasteiger partial charge on any atom is 0.0351 e. The van der Waals surface area contributed by atoms with E-state index >= 15 is 0 Å². The molecule has 0 fully saturated rings. The molecule has 0 spiro atoms. The predicted octanol–water partition coefficient (Wildman–Crippen LogP) is 0.969. The summed E-state index contributed by atoms with van der Waals surface area (Å²) in [6.45, 7) is 4.10. The molecule has 0 aliphatic heterocycles. The molecule has 0 saturated carbocycles. The van der Waals surface area contributed by atoms with Gasteiger partial charge >= 0.3 is 0 Å². The summed E-state index contributed by atoms with van der Waals surface area (Å²) < 4.78 is 0. The molecule has 0 aliphatic rings. The van der Waals surface area contributed by atoms with Gasteiger partial charge in [0.2, 0.25) is 0 Å². The Hall–Kier alpha value is 0.0500. The molecule has 2 heteroatoms. The van der Waals surface area contributed by atoms with Crippen molar-refractivity contribution in [2.75, 3.05) is 0 Å². The highest BCUT2D eigenvalue weighted by Gasteiger charge is 2.00. The standard InChI is InChI=1S/C5H11NS/c1-4(2)5(6)3-7/h3-5H,6H2,1-2H3/t5-/m1/s1. The summed E-state index contributed by atoms with van der Waals surface area (Å²) in [5, 5.41) is 1.60. The average molecular weight is 117 g/mol. The fourth-order valence-electron chi connectivity index (χ4n) is 0.157. The van der Waals surface area contributed by atoms with Crippen molar-refractivity contribution in [3.05, 3.63) is 0 Å². The van der Waals surface area contributed by atoms with Crippen molar-refractivity contribution in [3.8, 4) is 0 Å². The molecule has 0 amide bonds. The van der Waals surface area contributed by atoms with E-state index in [-0.39, 0.29) is 6.04 Å². The maximum atomic E-state index is 5.46. The van der Waals surface area contributed by atoms with Gasteiger partial charge in [-0.1, -0.05) is 26.1 Å². The first kappa shape index (κ1) is 7.05. The molecular weight excluding hydrogens is 106 g/mol. The average Bonchev–Trinajstić information content (AvgIpc) is 1.65. The monoisotopic (exact) mass is 117 g/mol. The second-order valence-electron chi connectivity index (χ2n) is 1.96. The lowest BCUT2D eigenvalue weighted by Gasteiger charge is -2.06. The van der Waals surface area contributed by atoms with Crippen molar-refractivity contribution < 1.29 is 0 Å². The van der Waals surface area contributed by atoms with Gasteiger partial charge in [0.05, 0.1) is 0 Å². The van der Waals surface area contributed by atoms with Crippen LogP contribution in [-0.4, -0.2) is 11.4 Å². The first-order chi connectivity index (χ1) is 3.18. The Labute approximate surface area is 49.9 Å². The molecule has 2 N–H and O–H groups in total. The van der Waals surface area contributed by atoms with Crippen molar-refractivity contribution in [2.45, 2.75) is 19.9 Å². The molecule has 0 aromatic heterocycles. The Morgan fingerprint density at radius 3 is 2.00 bits per heavy atom. The minimum atomic E-state index is 0.0926. The molecule has 0 rings (SSSR count). The van der Waals surface area contributed by atoms with Gasteiger partial charge < -0.3 is 5.73 Å². The van der Waals surface area contributed by atoms with Crippen LogP contribution in [0.25, 0.3) is 0 Å². The quantitative estimate of drug-likeness (QED) is 0.545. The Kier molecular flexibility index (Phi) is 3.13. The fourth-order valence-corrected chi connectivity index (χ4v) is 0.471. The fraction of sp³-hybridized carbons (Fsp3) is 0.800. The topological polar surface area (TPSA) is 26.0 Å². The largest absolute Gasteiger partial charge is 0.324 e. The zero-order valence-electron chi connectivity index (χ0n) is 4.72. The number of rotatable bonds is 2. The van der Waals surface area contributed by atoms with Crippen LogP contribution in [0.2, 0.25) is 0 Å². The van der Waals surface area contributed by atoms with Gasteiger partial charge in [-0.15, -0.1) is 0 Å². The number of hydrogen-bond donors (Lipinski definition) is 1. The van der Waals surface area contributed by atoms with Crippen molar-refractivity contribution in [1.29, 1.82) is 0 Å². The third kappa shape index (κ3) is 2.71. The Balaban J connectivity index is 3.33. The van der Waals surface area contributed by atoms with Crippen LogP contribution in [0.4, 0.5) is 0 Å². The molecule has 7 heavy (non-hydrogen) atoms. The smallest absolute Gasteiger partial charge is 0.0351 e. The molecule has 0 unspecified atom stereocenters. The van der Waals surface area contributed by atoms with Crippen molar-refractivity contribution >= 4 is 17.6 Å². The molecule has 1 nitrogen and oxygen atoms in total. The molecule has 0 aliphatic carbocycles. The highest BCUT2D eigenvalue weighted by Crippen LogP contribution is 1.93. The highest BCUT2D eigenvalue weighted by molar-refractivity contribution is 7.79. The van der Waals surface area contributed by atoms with Crippen LogP contribution >= 0.6 is 12.2 Å². The molecule has 0 saturated heterocycles. The van der Waals surface area contributed by atoms with Crippen LogP contribution < -0.4 is 5.73 Å². The van der Waals surface area contributed by atoms with Gasteiger partial charge in [0.1, 0.15) is 0 Å². The highest BCUT2D eigenvalue weighted by atomic mass is 32.1. The number of hydrogen-bond acceptors (Lipinski definition) is 2. The van der Waals surface area contributed by atoms with E-state index in [9.17, 15) is 0 Å². The molecule has 0 radical (unpaired) electrons. The summed E-state index contributed by atoms with van der Waals surface area (Å²) in [6, 6.07) is 0.0926. The molecule has 0 bridgehead atoms. The minimum Gasteiger partial charge on any atom is -0.324 e. The molecule has 0 aromatic carbocycles. The van der Waals surface area contributed by atoms with Gasteiger partial charge in [-0.05, 0) is 11.3 Å². The molecule has 1 atom stereocenters. The van der Waals surface area contributed by atoms with Crippen molar-refractivity contribution in [3.63, 3.8) is 0 Å². The lowest BCUT2D eigenvalue weighted by Crippen LogP contribution is -2.26. The summed E-state index contributed by atoms with van der Waals surface area (Å²) in [7, 11) is 0. The molecule has 0 aromatic rings. The third-order valence-electron chi connectivity index (χ3n) is 0.927. The van der Waals surface area contributed by atoms with Gasteiger partial charge in [0.25, 0.3) is 0 Å². The van der Waals surface area contributed by atoms with Gasteiger partial charge in [-0.3, -0.25) is 0 Å². The molecule has 0 heterocycles. The Morgan fingerprint density at radius 1 is 1.57 bits per heavy atom. The van der Waals surface area contributed by atoms with Gasteiger partial charge in [0.15, 0.2) is 0 Å². The van der Waals surface area contributed by atoms with E-state index in [1.54, 1.807) is 5.37 Å². The van der Waals surface area contributed by atoms with E-state index in [1.165, 1.54) is 0 Å². The van der Waals surface area contributed by atoms with E-state index in [0.29, 0.717) is 5.92 Å². The number of thiocarbonyl (C=S) groups is 1. The second-order valence-corrected chi connectivity index (χ2v) is 2.23. The first-order valence-electron chi connectivity index (χ1n) is 2.39. The maximum absolute atomic E-state index is 5.46. The van der Waals surface area contributed by atoms with Gasteiger partial charge in [0, 0.05) is 6.04 Å². The van der Waals surface area contributed by atoms with Gasteiger partial charge in [-0.2, -0.15) is 0 Å². The summed E-state index contributed by atoms with van der Waals surface area (Å²) in [4.78, 5) is 0. The summed E-state index contributed by atoms with van der Waals surface area (Å²) in [5.41, 5.74) is 5.46. The number of nitrogens with two attached hydrogens (primary N) is 1. The zero-order valence-corrected chi connectivity index (χ0v) is 5.53. The Bertz CT molecular complexity index is 61.1. The van der Waals surface area contributed by atoms with E-state index in [0.717, 1.165) is 0 Å². The summed E-state index contributed by atoms with van der Waals surface area (Å²) in [5.74, 6) is 0.484. The minimum absolute atomic E-state index is 0.0926. The van der Waals surface area contributed by atoms with E-state index in [4.69, 9.17) is 5.73 Å². The predicted molar refractivity (Wildman–Crippen MR) is 36.5 cm³/mol. The van der Waals surface area contributed by atoms with Crippen LogP contribution in [0.15, 0.2) is 0 Å². The molecule has 42 valence electrons. The lowest BCUT2D eigenvalue weighted by molar-refractivity contribution is 0.606. The summed E-state index contributed by atoms with van der Waals surface area (Å²) in [6.07, 6.45) is 0. The second kappa shape index (κ2) is 3.10. The third-order valence-corrected chi connectivity index (χ3v) is 1.24. The van der Waals surface area contributed by atoms with Crippen LogP contribution in [0, 0.1) is 5.92 Å². The molecular formula is C5H11NS. The van der Waals surface area contributed by atoms with E-state index in [1.807, 2.05) is 13.8 Å². The van der Waals surface area contributed by atoms with Crippen molar-refractivity contribution in [1.82, 2.24) is 0 Å². The van der Waals surface area contributed by atoms with Crippen LogP contribution in [0.5, 0.6) is 0 Å². The Morgan fingerprint density at radius 2 is 2.00 bits per heavy atom. The SMILES string of the molecule is CC(C)[C@H](N)C=S. The van der Waals surface area contributed by atoms with Gasteiger partial charge in [-0.25, -0.2) is 0 Å². The normalized spacial score (nSPS) is 14.3. The summed E-state index contributed by atoms with van der Waals surface area (Å²) >= 11 is 4.60. The van der Waals surface area contributed by atoms with Crippen LogP contribution in [-0.2, 0) is 0 Å². The van der Waals surface area contributed by atoms with Crippen LogP contribution in [0.3, 0.4) is 0 Å².